The second-order valence-electron chi connectivity index (χ2n) is 7.85. The monoisotopic (exact) mass is 423 g/mol. The van der Waals surface area contributed by atoms with Crippen LogP contribution >= 0.6 is 0 Å². The Kier molecular flexibility index (Phi) is 7.07. The van der Waals surface area contributed by atoms with E-state index in [1.165, 1.54) is 16.8 Å². The second-order valence-corrected chi connectivity index (χ2v) is 8.61. The van der Waals surface area contributed by atoms with E-state index in [2.05, 4.69) is 55.6 Å². The number of piperidine rings is 1. The number of rotatable bonds is 8. The molecule has 1 N–H and O–H groups in total. The fraction of sp³-hybridized carbons (Fsp3) is 0.348. The van der Waals surface area contributed by atoms with Gasteiger partial charge in [0.05, 0.1) is 12.0 Å². The Balaban J connectivity index is 1.32. The van der Waals surface area contributed by atoms with Crippen LogP contribution in [0.2, 0.25) is 0 Å². The quantitative estimate of drug-likeness (QED) is 0.565. The summed E-state index contributed by atoms with van der Waals surface area (Å²) in [5.74, 6) is 0.521. The summed E-state index contributed by atoms with van der Waals surface area (Å²) in [6.07, 6.45) is 6.11. The molecule has 1 saturated heterocycles. The molecule has 3 aromatic rings. The van der Waals surface area contributed by atoms with Gasteiger partial charge in [-0.1, -0.05) is 54.6 Å². The predicted octanol–water partition coefficient (Wildman–Crippen LogP) is 3.19. The van der Waals surface area contributed by atoms with Crippen molar-refractivity contribution in [3.05, 3.63) is 89.5 Å². The van der Waals surface area contributed by atoms with Crippen LogP contribution in [0, 0.1) is 0 Å². The van der Waals surface area contributed by atoms with Crippen LogP contribution in [0.5, 0.6) is 0 Å². The van der Waals surface area contributed by atoms with E-state index in [0.29, 0.717) is 12.5 Å². The summed E-state index contributed by atoms with van der Waals surface area (Å²) in [6.45, 7) is 4.21. The third kappa shape index (κ3) is 5.64. The Bertz CT molecular complexity index is 968. The van der Waals surface area contributed by atoms with Crippen molar-refractivity contribution in [1.82, 2.24) is 19.2 Å². The van der Waals surface area contributed by atoms with Gasteiger partial charge in [-0.15, -0.1) is 0 Å². The summed E-state index contributed by atoms with van der Waals surface area (Å²) in [6, 6.07) is 18.8. The Morgan fingerprint density at radius 1 is 1.03 bits per heavy atom. The number of hydrogen-bond acceptors (Lipinski definition) is 4. The number of nitrogens with one attached hydrogen (secondary N) is 1. The fourth-order valence-electron chi connectivity index (χ4n) is 4.16. The minimum Gasteiger partial charge on any atom is -0.760 e. The van der Waals surface area contributed by atoms with Gasteiger partial charge in [0.15, 0.2) is 0 Å². The Labute approximate surface area is 180 Å². The largest absolute Gasteiger partial charge is 0.760 e. The third-order valence-electron chi connectivity index (χ3n) is 5.78. The molecule has 2 heterocycles. The highest BCUT2D eigenvalue weighted by Gasteiger charge is 2.21. The lowest BCUT2D eigenvalue weighted by Gasteiger charge is -2.32. The number of aromatic nitrogens is 2. The average molecular weight is 424 g/mol. The molecule has 1 unspecified atom stereocenters. The summed E-state index contributed by atoms with van der Waals surface area (Å²) in [7, 11) is 0. The van der Waals surface area contributed by atoms with E-state index in [4.69, 9.17) is 0 Å². The number of likely N-dealkylation sites (tertiary alicyclic amines) is 1. The first kappa shape index (κ1) is 20.9. The molecule has 1 aliphatic rings. The lowest BCUT2D eigenvalue weighted by molar-refractivity contribution is 0.200. The van der Waals surface area contributed by atoms with Gasteiger partial charge < -0.3 is 9.12 Å². The first-order valence-electron chi connectivity index (χ1n) is 10.3. The number of nitrogens with zero attached hydrogens (tertiary/aromatic N) is 3. The lowest BCUT2D eigenvalue weighted by Crippen LogP contribution is -2.33. The molecule has 30 heavy (non-hydrogen) atoms. The van der Waals surface area contributed by atoms with E-state index in [1.54, 1.807) is 0 Å². The predicted molar refractivity (Wildman–Crippen MR) is 117 cm³/mol. The van der Waals surface area contributed by atoms with Gasteiger partial charge in [0.25, 0.3) is 0 Å². The van der Waals surface area contributed by atoms with Crippen molar-refractivity contribution in [3.63, 3.8) is 0 Å². The van der Waals surface area contributed by atoms with Crippen molar-refractivity contribution >= 4 is 11.3 Å². The van der Waals surface area contributed by atoms with E-state index in [1.807, 2.05) is 30.7 Å². The van der Waals surface area contributed by atoms with Crippen LogP contribution < -0.4 is 4.72 Å². The minimum atomic E-state index is -2.23. The van der Waals surface area contributed by atoms with Gasteiger partial charge in [-0.3, -0.25) is 9.11 Å². The van der Waals surface area contributed by atoms with Crippen LogP contribution in [0.15, 0.2) is 67.1 Å². The topological polar surface area (TPSA) is 73.2 Å². The second kappa shape index (κ2) is 10.1. The zero-order chi connectivity index (χ0) is 20.8. The van der Waals surface area contributed by atoms with Crippen LogP contribution in [-0.4, -0.2) is 36.3 Å². The van der Waals surface area contributed by atoms with Crippen molar-refractivity contribution in [2.45, 2.75) is 38.4 Å². The van der Waals surface area contributed by atoms with Gasteiger partial charge in [-0.05, 0) is 48.5 Å². The van der Waals surface area contributed by atoms with Crippen molar-refractivity contribution in [2.24, 2.45) is 0 Å². The van der Waals surface area contributed by atoms with Gasteiger partial charge >= 0.3 is 0 Å². The lowest BCUT2D eigenvalue weighted by atomic mass is 9.88. The third-order valence-corrected chi connectivity index (χ3v) is 6.16. The van der Waals surface area contributed by atoms with Crippen molar-refractivity contribution in [1.29, 1.82) is 0 Å². The summed E-state index contributed by atoms with van der Waals surface area (Å²) in [5.41, 5.74) is 4.84. The molecule has 1 atom stereocenters. The number of hydrogen-bond donors (Lipinski definition) is 1. The molecule has 0 saturated carbocycles. The Morgan fingerprint density at radius 3 is 2.57 bits per heavy atom. The Morgan fingerprint density at radius 2 is 1.80 bits per heavy atom. The maximum atomic E-state index is 10.7. The summed E-state index contributed by atoms with van der Waals surface area (Å²) < 4.78 is 26.1. The molecule has 7 heteroatoms. The van der Waals surface area contributed by atoms with Crippen LogP contribution in [0.1, 0.15) is 41.1 Å². The van der Waals surface area contributed by atoms with Crippen LogP contribution in [0.4, 0.5) is 0 Å². The average Bonchev–Trinajstić information content (AvgIpc) is 3.20. The highest BCUT2D eigenvalue weighted by molar-refractivity contribution is 7.77. The first-order chi connectivity index (χ1) is 14.7. The molecule has 0 bridgehead atoms. The molecule has 0 amide bonds. The van der Waals surface area contributed by atoms with Crippen LogP contribution in [0.3, 0.4) is 0 Å². The van der Waals surface area contributed by atoms with E-state index < -0.39 is 11.3 Å². The minimum absolute atomic E-state index is 0.341. The molecule has 1 aliphatic heterocycles. The highest BCUT2D eigenvalue weighted by Crippen LogP contribution is 2.29. The SMILES string of the molecule is O=S([O-])NCc1cccc(C2CCN(Cc3cncn3Cc3ccccc3)CC2)c1. The highest BCUT2D eigenvalue weighted by atomic mass is 32.2. The van der Waals surface area contributed by atoms with Gasteiger partial charge in [0, 0.05) is 37.1 Å². The molecule has 6 nitrogen and oxygen atoms in total. The smallest absolute Gasteiger partial charge is 0.0951 e. The molecular weight excluding hydrogens is 396 g/mol. The van der Waals surface area contributed by atoms with Gasteiger partial charge in [0.1, 0.15) is 0 Å². The molecule has 158 valence electrons. The number of imidazole rings is 1. The molecule has 2 aromatic carbocycles. The first-order valence-corrected chi connectivity index (χ1v) is 11.4. The molecule has 0 radical (unpaired) electrons. The molecular formula is C23H27N4O2S-. The van der Waals surface area contributed by atoms with E-state index in [0.717, 1.165) is 44.6 Å². The normalized spacial score (nSPS) is 16.6. The summed E-state index contributed by atoms with van der Waals surface area (Å²) >= 11 is -2.23. The maximum Gasteiger partial charge on any atom is 0.0951 e. The zero-order valence-electron chi connectivity index (χ0n) is 16.9. The molecule has 1 aromatic heterocycles. The molecule has 0 aliphatic carbocycles. The molecule has 1 fully saturated rings. The zero-order valence-corrected chi connectivity index (χ0v) is 17.8. The summed E-state index contributed by atoms with van der Waals surface area (Å²) in [4.78, 5) is 6.87. The van der Waals surface area contributed by atoms with Crippen LogP contribution in [0.25, 0.3) is 0 Å². The van der Waals surface area contributed by atoms with Gasteiger partial charge in [-0.2, -0.15) is 0 Å². The van der Waals surface area contributed by atoms with Crippen LogP contribution in [-0.2, 0) is 30.9 Å². The number of benzene rings is 2. The van der Waals surface area contributed by atoms with Gasteiger partial charge in [0.2, 0.25) is 0 Å². The van der Waals surface area contributed by atoms with Crippen molar-refractivity contribution in [3.8, 4) is 0 Å². The fourth-order valence-corrected chi connectivity index (χ4v) is 4.44. The summed E-state index contributed by atoms with van der Waals surface area (Å²) in [5, 5.41) is 0. The van der Waals surface area contributed by atoms with Gasteiger partial charge in [-0.25, -0.2) is 9.71 Å². The molecule has 4 rings (SSSR count). The van der Waals surface area contributed by atoms with E-state index in [9.17, 15) is 8.76 Å². The van der Waals surface area contributed by atoms with Crippen molar-refractivity contribution in [2.75, 3.05) is 13.1 Å². The molecule has 0 spiro atoms. The maximum absolute atomic E-state index is 10.7. The van der Waals surface area contributed by atoms with E-state index >= 15 is 0 Å². The Hall–Kier alpha value is -2.32. The van der Waals surface area contributed by atoms with E-state index in [-0.39, 0.29) is 0 Å². The van der Waals surface area contributed by atoms with Crippen molar-refractivity contribution < 1.29 is 8.76 Å². The standard InChI is InChI=1S/C23H28N4O2S/c28-30(29)25-14-20-7-4-8-22(13-20)21-9-11-26(12-10-21)17-23-15-24-18-27(23)16-19-5-2-1-3-6-19/h1-8,13,15,18,21,25H,9-12,14,16-17H2,(H,28,29)/p-1.